The van der Waals surface area contributed by atoms with Gasteiger partial charge < -0.3 is 14.8 Å². The van der Waals surface area contributed by atoms with E-state index in [9.17, 15) is 4.79 Å². The molecule has 0 amide bonds. The van der Waals surface area contributed by atoms with E-state index in [0.29, 0.717) is 30.1 Å². The minimum atomic E-state index is -0.984. The van der Waals surface area contributed by atoms with E-state index in [4.69, 9.17) is 9.84 Å². The van der Waals surface area contributed by atoms with Crippen LogP contribution in [0.5, 0.6) is 0 Å². The fourth-order valence-electron chi connectivity index (χ4n) is 1.91. The van der Waals surface area contributed by atoms with Crippen molar-refractivity contribution < 1.29 is 14.6 Å². The fraction of sp³-hybridized carbons (Fsp3) is 0.417. The lowest BCUT2D eigenvalue weighted by Crippen LogP contribution is -2.08. The van der Waals surface area contributed by atoms with Gasteiger partial charge in [0.1, 0.15) is 5.82 Å². The standard InChI is InChI=1S/C12H15N3O3/c1-7(6-18-2)5-9-14-10-8(12(16)17)3-4-13-11(10)15-9/h3-4,7H,5-6H2,1-2H3,(H,16,17)(H,13,14,15). The van der Waals surface area contributed by atoms with E-state index < -0.39 is 5.97 Å². The Bertz CT molecular complexity index is 565. The first kappa shape index (κ1) is 12.5. The summed E-state index contributed by atoms with van der Waals surface area (Å²) in [4.78, 5) is 22.4. The summed E-state index contributed by atoms with van der Waals surface area (Å²) in [6.45, 7) is 2.68. The molecule has 6 heteroatoms. The third-order valence-electron chi connectivity index (χ3n) is 2.66. The normalized spacial score (nSPS) is 12.8. The Hall–Kier alpha value is -1.95. The molecule has 0 radical (unpaired) electrons. The molecule has 96 valence electrons. The molecule has 18 heavy (non-hydrogen) atoms. The zero-order valence-corrected chi connectivity index (χ0v) is 10.3. The number of aromatic carboxylic acids is 1. The van der Waals surface area contributed by atoms with Gasteiger partial charge in [0.2, 0.25) is 0 Å². The fourth-order valence-corrected chi connectivity index (χ4v) is 1.91. The lowest BCUT2D eigenvalue weighted by Gasteiger charge is -2.06. The van der Waals surface area contributed by atoms with Crippen molar-refractivity contribution in [3.8, 4) is 0 Å². The van der Waals surface area contributed by atoms with Crippen LogP contribution < -0.4 is 0 Å². The van der Waals surface area contributed by atoms with Crippen LogP contribution in [0.25, 0.3) is 11.2 Å². The quantitative estimate of drug-likeness (QED) is 0.838. The minimum absolute atomic E-state index is 0.193. The largest absolute Gasteiger partial charge is 0.478 e. The molecule has 2 aromatic heterocycles. The number of methoxy groups -OCH3 is 1. The van der Waals surface area contributed by atoms with Gasteiger partial charge in [0, 0.05) is 26.3 Å². The minimum Gasteiger partial charge on any atom is -0.478 e. The predicted octanol–water partition coefficient (Wildman–Crippen LogP) is 1.48. The van der Waals surface area contributed by atoms with Crippen LogP contribution in [-0.2, 0) is 11.2 Å². The molecule has 2 rings (SSSR count). The Labute approximate surface area is 104 Å². The maximum absolute atomic E-state index is 11.1. The third-order valence-corrected chi connectivity index (χ3v) is 2.66. The molecule has 1 atom stereocenters. The predicted molar refractivity (Wildman–Crippen MR) is 65.6 cm³/mol. The van der Waals surface area contributed by atoms with Gasteiger partial charge in [-0.2, -0.15) is 0 Å². The number of pyridine rings is 1. The highest BCUT2D eigenvalue weighted by molar-refractivity contribution is 5.99. The van der Waals surface area contributed by atoms with Crippen LogP contribution in [0.4, 0.5) is 0 Å². The number of imidazole rings is 1. The molecule has 0 aromatic carbocycles. The number of carbonyl (C=O) groups is 1. The summed E-state index contributed by atoms with van der Waals surface area (Å²) < 4.78 is 5.06. The van der Waals surface area contributed by atoms with Crippen LogP contribution in [0.2, 0.25) is 0 Å². The van der Waals surface area contributed by atoms with Gasteiger partial charge in [-0.1, -0.05) is 6.92 Å². The smallest absolute Gasteiger partial charge is 0.338 e. The number of aromatic nitrogens is 3. The van der Waals surface area contributed by atoms with Crippen LogP contribution >= 0.6 is 0 Å². The zero-order chi connectivity index (χ0) is 13.1. The van der Waals surface area contributed by atoms with Crippen molar-refractivity contribution in [1.82, 2.24) is 15.0 Å². The number of hydrogen-bond donors (Lipinski definition) is 2. The molecular weight excluding hydrogens is 234 g/mol. The number of carboxylic acid groups (broad SMARTS) is 1. The van der Waals surface area contributed by atoms with E-state index >= 15 is 0 Å². The lowest BCUT2D eigenvalue weighted by atomic mass is 10.1. The summed E-state index contributed by atoms with van der Waals surface area (Å²) >= 11 is 0. The first-order valence-corrected chi connectivity index (χ1v) is 5.67. The number of H-pyrrole nitrogens is 1. The molecule has 0 aliphatic rings. The average molecular weight is 249 g/mol. The van der Waals surface area contributed by atoms with Crippen molar-refractivity contribution >= 4 is 17.1 Å². The number of aromatic amines is 1. The average Bonchev–Trinajstić information content (AvgIpc) is 2.70. The highest BCUT2D eigenvalue weighted by atomic mass is 16.5. The number of carboxylic acids is 1. The van der Waals surface area contributed by atoms with Crippen molar-refractivity contribution in [1.29, 1.82) is 0 Å². The second-order valence-corrected chi connectivity index (χ2v) is 4.31. The van der Waals surface area contributed by atoms with Crippen molar-refractivity contribution in [3.05, 3.63) is 23.7 Å². The molecule has 2 heterocycles. The van der Waals surface area contributed by atoms with E-state index in [1.807, 2.05) is 6.92 Å². The number of nitrogens with zero attached hydrogens (tertiary/aromatic N) is 2. The van der Waals surface area contributed by atoms with Gasteiger partial charge in [0.15, 0.2) is 5.65 Å². The van der Waals surface area contributed by atoms with Gasteiger partial charge in [0.25, 0.3) is 0 Å². The number of nitrogens with one attached hydrogen (secondary N) is 1. The van der Waals surface area contributed by atoms with Crippen molar-refractivity contribution in [3.63, 3.8) is 0 Å². The zero-order valence-electron chi connectivity index (χ0n) is 10.3. The molecular formula is C12H15N3O3. The summed E-state index contributed by atoms with van der Waals surface area (Å²) in [5.41, 5.74) is 1.11. The first-order chi connectivity index (χ1) is 8.61. The number of rotatable bonds is 5. The summed E-state index contributed by atoms with van der Waals surface area (Å²) in [5, 5.41) is 9.06. The van der Waals surface area contributed by atoms with Crippen molar-refractivity contribution in [2.75, 3.05) is 13.7 Å². The number of ether oxygens (including phenoxy) is 1. The second-order valence-electron chi connectivity index (χ2n) is 4.31. The second kappa shape index (κ2) is 5.14. The number of hydrogen-bond acceptors (Lipinski definition) is 4. The van der Waals surface area contributed by atoms with Crippen molar-refractivity contribution in [2.24, 2.45) is 5.92 Å². The SMILES string of the molecule is COCC(C)Cc1nc2nccc(C(=O)O)c2[nH]1. The summed E-state index contributed by atoms with van der Waals surface area (Å²) in [6, 6.07) is 1.46. The molecule has 2 N–H and O–H groups in total. The van der Waals surface area contributed by atoms with Gasteiger partial charge in [-0.3, -0.25) is 0 Å². The maximum Gasteiger partial charge on any atom is 0.338 e. The number of fused-ring (bicyclic) bond motifs is 1. The molecule has 0 bridgehead atoms. The van der Waals surface area contributed by atoms with Gasteiger partial charge in [-0.15, -0.1) is 0 Å². The summed E-state index contributed by atoms with van der Waals surface area (Å²) in [5.74, 6) is 0.0575. The Morgan fingerprint density at radius 1 is 1.61 bits per heavy atom. The molecule has 0 saturated carbocycles. The monoisotopic (exact) mass is 249 g/mol. The molecule has 0 saturated heterocycles. The van der Waals surface area contributed by atoms with Gasteiger partial charge in [0.05, 0.1) is 11.1 Å². The van der Waals surface area contributed by atoms with E-state index in [2.05, 4.69) is 15.0 Å². The lowest BCUT2D eigenvalue weighted by molar-refractivity contribution is 0.0698. The van der Waals surface area contributed by atoms with Crippen LogP contribution in [0.1, 0.15) is 23.1 Å². The van der Waals surface area contributed by atoms with Gasteiger partial charge >= 0.3 is 5.97 Å². The Morgan fingerprint density at radius 2 is 2.39 bits per heavy atom. The third kappa shape index (κ3) is 2.48. The van der Waals surface area contributed by atoms with E-state index in [0.717, 1.165) is 5.82 Å². The van der Waals surface area contributed by atoms with Gasteiger partial charge in [-0.05, 0) is 12.0 Å². The first-order valence-electron chi connectivity index (χ1n) is 5.67. The Morgan fingerprint density at radius 3 is 3.06 bits per heavy atom. The molecule has 0 aliphatic heterocycles. The van der Waals surface area contributed by atoms with E-state index in [-0.39, 0.29) is 5.56 Å². The van der Waals surface area contributed by atoms with Crippen molar-refractivity contribution in [2.45, 2.75) is 13.3 Å². The van der Waals surface area contributed by atoms with Crippen LogP contribution in [0.3, 0.4) is 0 Å². The molecule has 0 fully saturated rings. The summed E-state index contributed by atoms with van der Waals surface area (Å²) in [6.07, 6.45) is 2.15. The Balaban J connectivity index is 2.32. The molecule has 0 aliphatic carbocycles. The molecule has 2 aromatic rings. The van der Waals surface area contributed by atoms with E-state index in [1.165, 1.54) is 12.3 Å². The molecule has 0 spiro atoms. The van der Waals surface area contributed by atoms with Crippen LogP contribution in [0.15, 0.2) is 12.3 Å². The molecule has 1 unspecified atom stereocenters. The maximum atomic E-state index is 11.1. The van der Waals surface area contributed by atoms with Crippen LogP contribution in [-0.4, -0.2) is 39.7 Å². The van der Waals surface area contributed by atoms with Crippen LogP contribution in [0, 0.1) is 5.92 Å². The highest BCUT2D eigenvalue weighted by Gasteiger charge is 2.14. The van der Waals surface area contributed by atoms with Gasteiger partial charge in [-0.25, -0.2) is 14.8 Å². The Kier molecular flexibility index (Phi) is 3.57. The highest BCUT2D eigenvalue weighted by Crippen LogP contribution is 2.16. The topological polar surface area (TPSA) is 88.1 Å². The van der Waals surface area contributed by atoms with E-state index in [1.54, 1.807) is 7.11 Å². The summed E-state index contributed by atoms with van der Waals surface area (Å²) in [7, 11) is 1.65. The molecule has 6 nitrogen and oxygen atoms in total.